The molecular formula is C27H32FN3O. The van der Waals surface area contributed by atoms with Gasteiger partial charge in [0.1, 0.15) is 5.82 Å². The molecule has 3 heterocycles. The normalized spacial score (nSPS) is 17.6. The fourth-order valence-corrected chi connectivity index (χ4v) is 5.46. The Balaban J connectivity index is 1.07. The molecule has 0 bridgehead atoms. The van der Waals surface area contributed by atoms with Gasteiger partial charge in [-0.05, 0) is 99.5 Å². The van der Waals surface area contributed by atoms with E-state index in [2.05, 4.69) is 34.3 Å². The van der Waals surface area contributed by atoms with Gasteiger partial charge < -0.3 is 14.8 Å². The van der Waals surface area contributed by atoms with Crippen molar-refractivity contribution in [1.82, 2.24) is 9.88 Å². The summed E-state index contributed by atoms with van der Waals surface area (Å²) in [5.41, 5.74) is 4.69. The first-order valence-electron chi connectivity index (χ1n) is 12.1. The van der Waals surface area contributed by atoms with Gasteiger partial charge in [-0.25, -0.2) is 4.39 Å². The highest BCUT2D eigenvalue weighted by atomic mass is 19.1. The lowest BCUT2D eigenvalue weighted by atomic mass is 9.89. The van der Waals surface area contributed by atoms with Gasteiger partial charge in [0.15, 0.2) is 0 Å². The highest BCUT2D eigenvalue weighted by Crippen LogP contribution is 2.33. The molecule has 0 radical (unpaired) electrons. The standard InChI is InChI=1S/C27H32FN3O/c28-22-10-11-25-23(18-22)24(19-29-25)20-12-16-30(17-13-20)14-4-3-9-27(32)31-15-5-7-21-6-1-2-8-26(21)31/h1-2,6,8,10-11,18-20,29H,3-5,7,9,12-17H2. The van der Waals surface area contributed by atoms with Gasteiger partial charge >= 0.3 is 0 Å². The number of amides is 1. The monoisotopic (exact) mass is 433 g/mol. The van der Waals surface area contributed by atoms with Crippen LogP contribution in [0.1, 0.15) is 55.6 Å². The van der Waals surface area contributed by atoms with E-state index in [1.807, 2.05) is 17.0 Å². The molecule has 0 spiro atoms. The highest BCUT2D eigenvalue weighted by Gasteiger charge is 2.24. The fourth-order valence-electron chi connectivity index (χ4n) is 5.46. The van der Waals surface area contributed by atoms with E-state index >= 15 is 0 Å². The van der Waals surface area contributed by atoms with Gasteiger partial charge in [0.05, 0.1) is 0 Å². The van der Waals surface area contributed by atoms with Crippen molar-refractivity contribution in [1.29, 1.82) is 0 Å². The Morgan fingerprint density at radius 1 is 1.06 bits per heavy atom. The van der Waals surface area contributed by atoms with E-state index in [-0.39, 0.29) is 11.7 Å². The zero-order valence-electron chi connectivity index (χ0n) is 18.7. The molecule has 168 valence electrons. The SMILES string of the molecule is O=C(CCCCN1CCC(c2c[nH]c3ccc(F)cc23)CC1)N1CCCc2ccccc21. The molecule has 0 atom stereocenters. The number of hydrogen-bond donors (Lipinski definition) is 1. The topological polar surface area (TPSA) is 39.3 Å². The Morgan fingerprint density at radius 3 is 2.78 bits per heavy atom. The molecule has 1 fully saturated rings. The maximum absolute atomic E-state index is 13.7. The number of unbranched alkanes of at least 4 members (excludes halogenated alkanes) is 1. The first-order chi connectivity index (χ1) is 15.7. The third kappa shape index (κ3) is 4.44. The van der Waals surface area contributed by atoms with E-state index in [1.165, 1.54) is 17.2 Å². The van der Waals surface area contributed by atoms with Crippen molar-refractivity contribution >= 4 is 22.5 Å². The number of rotatable bonds is 6. The van der Waals surface area contributed by atoms with Crippen molar-refractivity contribution in [2.24, 2.45) is 0 Å². The van der Waals surface area contributed by atoms with Gasteiger partial charge in [-0.15, -0.1) is 0 Å². The number of aromatic amines is 1. The molecule has 32 heavy (non-hydrogen) atoms. The molecule has 1 amide bonds. The second kappa shape index (κ2) is 9.45. The van der Waals surface area contributed by atoms with Crippen LogP contribution in [0.15, 0.2) is 48.7 Å². The van der Waals surface area contributed by atoms with Crippen LogP contribution < -0.4 is 4.90 Å². The molecule has 1 N–H and O–H groups in total. The number of carbonyl (C=O) groups is 1. The van der Waals surface area contributed by atoms with Crippen molar-refractivity contribution in [2.75, 3.05) is 31.1 Å². The number of aryl methyl sites for hydroxylation is 1. The summed E-state index contributed by atoms with van der Waals surface area (Å²) in [5, 5.41) is 1.03. The summed E-state index contributed by atoms with van der Waals surface area (Å²) in [6, 6.07) is 13.3. The van der Waals surface area contributed by atoms with Crippen LogP contribution in [-0.2, 0) is 11.2 Å². The Labute approximate surface area is 189 Å². The summed E-state index contributed by atoms with van der Waals surface area (Å²) >= 11 is 0. The number of likely N-dealkylation sites (tertiary alicyclic amines) is 1. The minimum absolute atomic E-state index is 0.168. The molecule has 3 aromatic rings. The van der Waals surface area contributed by atoms with Crippen molar-refractivity contribution in [3.8, 4) is 0 Å². The Hall–Kier alpha value is -2.66. The van der Waals surface area contributed by atoms with Gasteiger partial charge in [-0.2, -0.15) is 0 Å². The number of piperidine rings is 1. The predicted molar refractivity (Wildman–Crippen MR) is 128 cm³/mol. The maximum Gasteiger partial charge on any atom is 0.226 e. The number of benzene rings is 2. The average molecular weight is 434 g/mol. The van der Waals surface area contributed by atoms with Crippen LogP contribution in [0.5, 0.6) is 0 Å². The van der Waals surface area contributed by atoms with Gasteiger partial charge in [-0.3, -0.25) is 4.79 Å². The van der Waals surface area contributed by atoms with Crippen LogP contribution in [0.3, 0.4) is 0 Å². The molecule has 2 aliphatic rings. The molecule has 2 aliphatic heterocycles. The number of fused-ring (bicyclic) bond motifs is 2. The molecule has 0 aliphatic carbocycles. The summed E-state index contributed by atoms with van der Waals surface area (Å²) in [4.78, 5) is 20.6. The number of nitrogens with one attached hydrogen (secondary N) is 1. The summed E-state index contributed by atoms with van der Waals surface area (Å²) in [5.74, 6) is 0.586. The van der Waals surface area contributed by atoms with Crippen molar-refractivity contribution in [2.45, 2.75) is 50.9 Å². The Kier molecular flexibility index (Phi) is 6.26. The molecule has 0 unspecified atom stereocenters. The van der Waals surface area contributed by atoms with E-state index in [0.29, 0.717) is 12.3 Å². The van der Waals surface area contributed by atoms with Crippen LogP contribution in [0, 0.1) is 5.82 Å². The zero-order valence-corrected chi connectivity index (χ0v) is 18.7. The summed E-state index contributed by atoms with van der Waals surface area (Å²) < 4.78 is 13.7. The summed E-state index contributed by atoms with van der Waals surface area (Å²) in [6.07, 6.45) is 9.04. The zero-order chi connectivity index (χ0) is 21.9. The number of carbonyl (C=O) groups excluding carboxylic acids is 1. The van der Waals surface area contributed by atoms with E-state index in [0.717, 1.165) is 81.3 Å². The number of halogens is 1. The fraction of sp³-hybridized carbons (Fsp3) is 0.444. The molecule has 0 saturated carbocycles. The molecule has 1 aromatic heterocycles. The van der Waals surface area contributed by atoms with Crippen LogP contribution in [0.2, 0.25) is 0 Å². The third-order valence-corrected chi connectivity index (χ3v) is 7.23. The Morgan fingerprint density at radius 2 is 1.91 bits per heavy atom. The van der Waals surface area contributed by atoms with Gasteiger partial charge in [-0.1, -0.05) is 18.2 Å². The molecule has 4 nitrogen and oxygen atoms in total. The minimum atomic E-state index is -0.168. The predicted octanol–water partition coefficient (Wildman–Crippen LogP) is 5.64. The number of para-hydroxylation sites is 1. The first-order valence-corrected chi connectivity index (χ1v) is 12.1. The average Bonchev–Trinajstić information content (AvgIpc) is 3.25. The van der Waals surface area contributed by atoms with Gasteiger partial charge in [0, 0.05) is 35.8 Å². The number of nitrogens with zero attached hydrogens (tertiary/aromatic N) is 2. The van der Waals surface area contributed by atoms with Crippen LogP contribution >= 0.6 is 0 Å². The Bertz CT molecular complexity index is 1080. The van der Waals surface area contributed by atoms with Crippen LogP contribution in [-0.4, -0.2) is 42.0 Å². The van der Waals surface area contributed by atoms with Crippen LogP contribution in [0.25, 0.3) is 10.9 Å². The number of aromatic nitrogens is 1. The molecule has 2 aromatic carbocycles. The van der Waals surface area contributed by atoms with E-state index in [4.69, 9.17) is 0 Å². The second-order valence-electron chi connectivity index (χ2n) is 9.28. The largest absolute Gasteiger partial charge is 0.361 e. The van der Waals surface area contributed by atoms with Crippen LogP contribution in [0.4, 0.5) is 10.1 Å². The molecule has 5 rings (SSSR count). The van der Waals surface area contributed by atoms with E-state index in [1.54, 1.807) is 6.07 Å². The minimum Gasteiger partial charge on any atom is -0.361 e. The number of anilines is 1. The van der Waals surface area contributed by atoms with Crippen molar-refractivity contribution in [3.05, 3.63) is 65.6 Å². The summed E-state index contributed by atoms with van der Waals surface area (Å²) in [6.45, 7) is 4.04. The summed E-state index contributed by atoms with van der Waals surface area (Å²) in [7, 11) is 0. The second-order valence-corrected chi connectivity index (χ2v) is 9.28. The van der Waals surface area contributed by atoms with Gasteiger partial charge in [0.2, 0.25) is 5.91 Å². The number of H-pyrrole nitrogens is 1. The quantitative estimate of drug-likeness (QED) is 0.511. The third-order valence-electron chi connectivity index (χ3n) is 7.23. The smallest absolute Gasteiger partial charge is 0.226 e. The lowest BCUT2D eigenvalue weighted by molar-refractivity contribution is -0.118. The van der Waals surface area contributed by atoms with E-state index in [9.17, 15) is 9.18 Å². The van der Waals surface area contributed by atoms with E-state index < -0.39 is 0 Å². The maximum atomic E-state index is 13.7. The van der Waals surface area contributed by atoms with Crippen molar-refractivity contribution in [3.63, 3.8) is 0 Å². The molecular weight excluding hydrogens is 401 g/mol. The lowest BCUT2D eigenvalue weighted by Gasteiger charge is -2.32. The molecule has 5 heteroatoms. The highest BCUT2D eigenvalue weighted by molar-refractivity contribution is 5.94. The lowest BCUT2D eigenvalue weighted by Crippen LogP contribution is -2.36. The number of hydrogen-bond acceptors (Lipinski definition) is 2. The first kappa shape index (κ1) is 21.2. The van der Waals surface area contributed by atoms with Gasteiger partial charge in [0.25, 0.3) is 0 Å². The molecule has 1 saturated heterocycles. The van der Waals surface area contributed by atoms with Crippen molar-refractivity contribution < 1.29 is 9.18 Å².